The van der Waals surface area contributed by atoms with Crippen molar-refractivity contribution < 1.29 is 0 Å². The lowest BCUT2D eigenvalue weighted by molar-refractivity contribution is 0.478. The van der Waals surface area contributed by atoms with Crippen molar-refractivity contribution in [1.29, 1.82) is 0 Å². The second-order valence-electron chi connectivity index (χ2n) is 14.3. The molecule has 1 atom stereocenters. The fourth-order valence-corrected chi connectivity index (χ4v) is 8.43. The summed E-state index contributed by atoms with van der Waals surface area (Å²) in [4.78, 5) is 7.56. The van der Waals surface area contributed by atoms with Crippen molar-refractivity contribution in [3.05, 3.63) is 167 Å². The van der Waals surface area contributed by atoms with E-state index in [1.54, 1.807) is 0 Å². The first-order chi connectivity index (χ1) is 23.3. The smallest absolute Gasteiger partial charge is 0.0568 e. The number of allylic oxidation sites excluding steroid dienone is 6. The number of rotatable bonds is 8. The lowest BCUT2D eigenvalue weighted by Gasteiger charge is -2.32. The summed E-state index contributed by atoms with van der Waals surface area (Å²) in [7, 11) is 0. The van der Waals surface area contributed by atoms with Crippen LogP contribution in [0.5, 0.6) is 0 Å². The molecule has 0 radical (unpaired) electrons. The number of anilines is 4. The molecular formula is C45H49N3. The number of nitrogens with zero attached hydrogens (tertiary/aromatic N) is 3. The SMILES string of the molecule is CCN1/C(=C/C=C2\CCC(/C=C/C3N(CC)c4ccccc4C3(C)C)=C2N(c2ccccc2)c2ccccc2)C(C)(C)c2ccccc21. The van der Waals surface area contributed by atoms with E-state index in [4.69, 9.17) is 0 Å². The fraction of sp³-hybridized carbons (Fsp3) is 0.289. The molecule has 4 aromatic rings. The lowest BCUT2D eigenvalue weighted by atomic mass is 9.80. The van der Waals surface area contributed by atoms with Gasteiger partial charge in [-0.05, 0) is 91.4 Å². The summed E-state index contributed by atoms with van der Waals surface area (Å²) in [6, 6.07) is 39.9. The van der Waals surface area contributed by atoms with Gasteiger partial charge in [0.15, 0.2) is 0 Å². The molecule has 0 amide bonds. The molecule has 3 nitrogen and oxygen atoms in total. The van der Waals surface area contributed by atoms with Crippen LogP contribution in [-0.2, 0) is 10.8 Å². The maximum Gasteiger partial charge on any atom is 0.0568 e. The summed E-state index contributed by atoms with van der Waals surface area (Å²) < 4.78 is 0. The monoisotopic (exact) mass is 631 g/mol. The van der Waals surface area contributed by atoms with Crippen molar-refractivity contribution in [2.75, 3.05) is 27.8 Å². The summed E-state index contributed by atoms with van der Waals surface area (Å²) in [5, 5.41) is 0. The van der Waals surface area contributed by atoms with Gasteiger partial charge in [0.25, 0.3) is 0 Å². The van der Waals surface area contributed by atoms with Crippen molar-refractivity contribution in [2.24, 2.45) is 0 Å². The van der Waals surface area contributed by atoms with Gasteiger partial charge in [0.2, 0.25) is 0 Å². The third-order valence-corrected chi connectivity index (χ3v) is 10.9. The average Bonchev–Trinajstić information content (AvgIpc) is 3.68. The maximum atomic E-state index is 2.58. The van der Waals surface area contributed by atoms with Crippen molar-refractivity contribution in [3.63, 3.8) is 0 Å². The van der Waals surface area contributed by atoms with E-state index in [0.717, 1.165) is 25.9 Å². The van der Waals surface area contributed by atoms with Crippen LogP contribution in [0.3, 0.4) is 0 Å². The Morgan fingerprint density at radius 2 is 1.25 bits per heavy atom. The third kappa shape index (κ3) is 5.30. The molecule has 0 saturated heterocycles. The van der Waals surface area contributed by atoms with Gasteiger partial charge in [0.05, 0.1) is 11.7 Å². The molecule has 0 aromatic heterocycles. The molecule has 7 rings (SSSR count). The molecule has 0 N–H and O–H groups in total. The zero-order valence-electron chi connectivity index (χ0n) is 29.4. The number of para-hydroxylation sites is 4. The van der Waals surface area contributed by atoms with Gasteiger partial charge < -0.3 is 14.7 Å². The first-order valence-corrected chi connectivity index (χ1v) is 17.7. The topological polar surface area (TPSA) is 9.72 Å². The molecule has 0 spiro atoms. The number of hydrogen-bond acceptors (Lipinski definition) is 3. The summed E-state index contributed by atoms with van der Waals surface area (Å²) in [5.41, 5.74) is 13.2. The van der Waals surface area contributed by atoms with Crippen molar-refractivity contribution in [2.45, 2.75) is 71.3 Å². The fourth-order valence-electron chi connectivity index (χ4n) is 8.43. The predicted molar refractivity (Wildman–Crippen MR) is 205 cm³/mol. The van der Waals surface area contributed by atoms with E-state index in [0.29, 0.717) is 0 Å². The zero-order valence-corrected chi connectivity index (χ0v) is 29.4. The highest BCUT2D eigenvalue weighted by Crippen LogP contribution is 2.49. The van der Waals surface area contributed by atoms with Gasteiger partial charge in [-0.1, -0.05) is 119 Å². The van der Waals surface area contributed by atoms with Gasteiger partial charge >= 0.3 is 0 Å². The average molecular weight is 632 g/mol. The maximum absolute atomic E-state index is 2.58. The Morgan fingerprint density at radius 1 is 0.667 bits per heavy atom. The second-order valence-corrected chi connectivity index (χ2v) is 14.3. The van der Waals surface area contributed by atoms with E-state index >= 15 is 0 Å². The Hall–Kier alpha value is -4.76. The molecule has 0 fully saturated rings. The molecule has 3 aliphatic rings. The molecule has 3 heteroatoms. The highest BCUT2D eigenvalue weighted by molar-refractivity contribution is 5.75. The highest BCUT2D eigenvalue weighted by Gasteiger charge is 2.42. The Bertz CT molecular complexity index is 1870. The molecule has 2 aliphatic heterocycles. The quantitative estimate of drug-likeness (QED) is 0.192. The van der Waals surface area contributed by atoms with E-state index < -0.39 is 0 Å². The van der Waals surface area contributed by atoms with Crippen LogP contribution in [0.4, 0.5) is 22.7 Å². The Balaban J connectivity index is 1.37. The van der Waals surface area contributed by atoms with E-state index in [1.165, 1.54) is 56.4 Å². The van der Waals surface area contributed by atoms with Crippen LogP contribution in [0.2, 0.25) is 0 Å². The van der Waals surface area contributed by atoms with Crippen molar-refractivity contribution >= 4 is 22.7 Å². The Labute approximate surface area is 288 Å². The minimum Gasteiger partial charge on any atom is -0.364 e. The summed E-state index contributed by atoms with van der Waals surface area (Å²) in [6.45, 7) is 16.0. The van der Waals surface area contributed by atoms with Crippen LogP contribution in [0.1, 0.15) is 65.5 Å². The normalized spacial score (nSPS) is 21.1. The molecule has 48 heavy (non-hydrogen) atoms. The van der Waals surface area contributed by atoms with E-state index in [2.05, 4.69) is 190 Å². The number of hydrogen-bond donors (Lipinski definition) is 0. The van der Waals surface area contributed by atoms with Crippen LogP contribution < -0.4 is 14.7 Å². The van der Waals surface area contributed by atoms with E-state index in [1.807, 2.05) is 0 Å². The van der Waals surface area contributed by atoms with Gasteiger partial charge in [-0.15, -0.1) is 0 Å². The molecule has 244 valence electrons. The van der Waals surface area contributed by atoms with Crippen molar-refractivity contribution in [3.8, 4) is 0 Å². The van der Waals surface area contributed by atoms with Crippen LogP contribution in [0.25, 0.3) is 0 Å². The standard InChI is InChI=1S/C45H49N3/c1-7-46-39-25-17-15-23-37(39)44(3,4)41(46)31-29-33-27-28-34(30-32-42-45(5,6)38-24-16-18-26-40(38)47(42)8-2)43(33)48(35-19-11-9-12-20-35)36-21-13-10-14-22-36/h9-26,29-32,41H,7-8,27-28H2,1-6H3/b31-29+,34-30+,42-32+. The van der Waals surface area contributed by atoms with E-state index in [9.17, 15) is 0 Å². The number of benzene rings is 4. The van der Waals surface area contributed by atoms with Crippen LogP contribution in [0.15, 0.2) is 156 Å². The molecule has 2 heterocycles. The minimum absolute atomic E-state index is 0.0107. The van der Waals surface area contributed by atoms with Crippen molar-refractivity contribution in [1.82, 2.24) is 0 Å². The van der Waals surface area contributed by atoms with Gasteiger partial charge in [-0.2, -0.15) is 0 Å². The zero-order chi connectivity index (χ0) is 33.5. The van der Waals surface area contributed by atoms with Crippen LogP contribution in [0, 0.1) is 0 Å². The van der Waals surface area contributed by atoms with Gasteiger partial charge in [-0.25, -0.2) is 0 Å². The number of fused-ring (bicyclic) bond motifs is 2. The van der Waals surface area contributed by atoms with Gasteiger partial charge in [-0.3, -0.25) is 0 Å². The molecule has 4 aromatic carbocycles. The first-order valence-electron chi connectivity index (χ1n) is 17.7. The van der Waals surface area contributed by atoms with E-state index in [-0.39, 0.29) is 16.9 Å². The number of likely N-dealkylation sites (N-methyl/N-ethyl adjacent to an activating group) is 2. The summed E-state index contributed by atoms with van der Waals surface area (Å²) >= 11 is 0. The predicted octanol–water partition coefficient (Wildman–Crippen LogP) is 11.2. The third-order valence-electron chi connectivity index (χ3n) is 10.9. The molecule has 0 saturated carbocycles. The van der Waals surface area contributed by atoms with Gasteiger partial charge in [0.1, 0.15) is 0 Å². The molecule has 0 bridgehead atoms. The van der Waals surface area contributed by atoms with Crippen LogP contribution in [-0.4, -0.2) is 19.1 Å². The largest absolute Gasteiger partial charge is 0.364 e. The minimum atomic E-state index is -0.0693. The van der Waals surface area contributed by atoms with Gasteiger partial charge in [0, 0.05) is 52.4 Å². The summed E-state index contributed by atoms with van der Waals surface area (Å²) in [6.07, 6.45) is 11.8. The first kappa shape index (κ1) is 31.8. The molecular weight excluding hydrogens is 583 g/mol. The lowest BCUT2D eigenvalue weighted by Crippen LogP contribution is -2.39. The Kier molecular flexibility index (Phi) is 8.41. The summed E-state index contributed by atoms with van der Waals surface area (Å²) in [5.74, 6) is 0. The highest BCUT2D eigenvalue weighted by atomic mass is 15.2. The second kappa shape index (κ2) is 12.7. The molecule has 1 unspecified atom stereocenters. The van der Waals surface area contributed by atoms with Crippen LogP contribution >= 0.6 is 0 Å². The Morgan fingerprint density at radius 3 is 1.88 bits per heavy atom. The molecule has 1 aliphatic carbocycles.